The summed E-state index contributed by atoms with van der Waals surface area (Å²) in [5.74, 6) is -0.332. The normalized spacial score (nSPS) is 25.1. The van der Waals surface area contributed by atoms with Gasteiger partial charge in [-0.25, -0.2) is 0 Å². The topological polar surface area (TPSA) is 60.4 Å². The van der Waals surface area contributed by atoms with Crippen molar-refractivity contribution in [3.63, 3.8) is 0 Å². The van der Waals surface area contributed by atoms with E-state index in [1.165, 1.54) is 0 Å². The van der Waals surface area contributed by atoms with Crippen molar-refractivity contribution in [2.45, 2.75) is 25.2 Å². The van der Waals surface area contributed by atoms with Crippen molar-refractivity contribution in [3.8, 4) is 0 Å². The summed E-state index contributed by atoms with van der Waals surface area (Å²) in [6, 6.07) is 6.93. The van der Waals surface area contributed by atoms with Gasteiger partial charge in [0.25, 0.3) is 0 Å². The van der Waals surface area contributed by atoms with Crippen molar-refractivity contribution in [3.05, 3.63) is 46.2 Å². The molecule has 6 heteroatoms. The third-order valence-corrected chi connectivity index (χ3v) is 5.08. The van der Waals surface area contributed by atoms with Gasteiger partial charge in [-0.1, -0.05) is 23.7 Å². The van der Waals surface area contributed by atoms with E-state index in [1.807, 2.05) is 0 Å². The number of Topliss-reactive ketones (excluding diaryl/α,β-unsaturated/α-hetero) is 1. The number of halogens is 1. The van der Waals surface area contributed by atoms with Crippen LogP contribution in [-0.2, 0) is 19.1 Å². The summed E-state index contributed by atoms with van der Waals surface area (Å²) < 4.78 is 28.8. The molecule has 0 bridgehead atoms. The molecular weight excluding hydrogens is 300 g/mol. The maximum absolute atomic E-state index is 12.1. The summed E-state index contributed by atoms with van der Waals surface area (Å²) in [7, 11) is -3.63. The largest absolute Gasteiger partial charge is 0.386 e. The first-order chi connectivity index (χ1) is 9.46. The molecule has 4 nitrogen and oxygen atoms in total. The number of carbonyl (C=O) groups excluding carboxylic acids is 1. The molecule has 1 atom stereocenters. The summed E-state index contributed by atoms with van der Waals surface area (Å²) in [4.78, 5) is 12.1. The maximum Gasteiger partial charge on any atom is 0.309 e. The highest BCUT2D eigenvalue weighted by atomic mass is 35.5. The van der Waals surface area contributed by atoms with Gasteiger partial charge in [0.2, 0.25) is 0 Å². The van der Waals surface area contributed by atoms with Gasteiger partial charge in [0.15, 0.2) is 5.78 Å². The SMILES string of the molecule is O=C1CCCC2=C1C(c1ccc(Cl)cc1)CS(=O)(=O)O2. The molecular formula is C14H13ClO4S. The van der Waals surface area contributed by atoms with Crippen LogP contribution in [0.4, 0.5) is 0 Å². The molecule has 0 radical (unpaired) electrons. The Bertz CT molecular complexity index is 688. The van der Waals surface area contributed by atoms with Gasteiger partial charge in [0, 0.05) is 29.4 Å². The lowest BCUT2D eigenvalue weighted by atomic mass is 9.84. The minimum Gasteiger partial charge on any atom is -0.386 e. The zero-order valence-electron chi connectivity index (χ0n) is 10.6. The number of ketones is 1. The van der Waals surface area contributed by atoms with Crippen LogP contribution in [0.5, 0.6) is 0 Å². The van der Waals surface area contributed by atoms with E-state index >= 15 is 0 Å². The first-order valence-corrected chi connectivity index (χ1v) is 8.36. The van der Waals surface area contributed by atoms with Crippen LogP contribution in [0.2, 0.25) is 5.02 Å². The summed E-state index contributed by atoms with van der Waals surface area (Å²) in [6.45, 7) is 0. The second kappa shape index (κ2) is 4.90. The summed E-state index contributed by atoms with van der Waals surface area (Å²) >= 11 is 5.85. The van der Waals surface area contributed by atoms with E-state index in [0.717, 1.165) is 5.56 Å². The van der Waals surface area contributed by atoms with Crippen LogP contribution in [0.25, 0.3) is 0 Å². The Hall–Kier alpha value is -1.33. The quantitative estimate of drug-likeness (QED) is 0.748. The molecule has 3 rings (SSSR count). The zero-order chi connectivity index (χ0) is 14.3. The van der Waals surface area contributed by atoms with Gasteiger partial charge in [0.1, 0.15) is 5.76 Å². The van der Waals surface area contributed by atoms with E-state index < -0.39 is 16.0 Å². The Balaban J connectivity index is 2.11. The number of benzene rings is 1. The van der Waals surface area contributed by atoms with Gasteiger partial charge in [-0.3, -0.25) is 4.79 Å². The van der Waals surface area contributed by atoms with Crippen molar-refractivity contribution in [2.24, 2.45) is 0 Å². The Kier molecular flexibility index (Phi) is 3.34. The van der Waals surface area contributed by atoms with Crippen LogP contribution in [0.1, 0.15) is 30.7 Å². The molecule has 1 aliphatic carbocycles. The van der Waals surface area contributed by atoms with Crippen LogP contribution in [0, 0.1) is 0 Å². The predicted molar refractivity (Wildman–Crippen MR) is 74.9 cm³/mol. The molecule has 0 saturated heterocycles. The molecule has 0 spiro atoms. The fourth-order valence-corrected chi connectivity index (χ4v) is 4.18. The second-order valence-electron chi connectivity index (χ2n) is 5.03. The fourth-order valence-electron chi connectivity index (χ4n) is 2.74. The van der Waals surface area contributed by atoms with Crippen LogP contribution < -0.4 is 0 Å². The van der Waals surface area contributed by atoms with E-state index in [1.54, 1.807) is 24.3 Å². The van der Waals surface area contributed by atoms with Crippen LogP contribution in [0.15, 0.2) is 35.6 Å². The molecule has 0 saturated carbocycles. The molecule has 0 fully saturated rings. The van der Waals surface area contributed by atoms with Gasteiger partial charge in [-0.2, -0.15) is 8.42 Å². The predicted octanol–water partition coefficient (Wildman–Crippen LogP) is 2.79. The number of allylic oxidation sites excluding steroid dienone is 2. The smallest absolute Gasteiger partial charge is 0.309 e. The minimum absolute atomic E-state index is 0.0129. The highest BCUT2D eigenvalue weighted by Gasteiger charge is 2.39. The fraction of sp³-hybridized carbons (Fsp3) is 0.357. The molecule has 106 valence electrons. The Morgan fingerprint density at radius 1 is 1.15 bits per heavy atom. The molecule has 1 unspecified atom stereocenters. The van der Waals surface area contributed by atoms with E-state index in [9.17, 15) is 13.2 Å². The monoisotopic (exact) mass is 312 g/mol. The molecule has 20 heavy (non-hydrogen) atoms. The Morgan fingerprint density at radius 3 is 2.55 bits per heavy atom. The lowest BCUT2D eigenvalue weighted by Gasteiger charge is -2.30. The van der Waals surface area contributed by atoms with Gasteiger partial charge < -0.3 is 4.18 Å². The molecule has 1 aliphatic heterocycles. The van der Waals surface area contributed by atoms with E-state index in [0.29, 0.717) is 35.6 Å². The minimum atomic E-state index is -3.63. The average Bonchev–Trinajstić information content (AvgIpc) is 2.37. The van der Waals surface area contributed by atoms with Gasteiger partial charge in [-0.15, -0.1) is 0 Å². The van der Waals surface area contributed by atoms with Gasteiger partial charge in [0.05, 0.1) is 5.75 Å². The standard InChI is InChI=1S/C14H13ClO4S/c15-10-6-4-9(5-7-10)11-8-20(17,18)19-13-3-1-2-12(16)14(11)13/h4-7,11H,1-3,8H2. The molecule has 0 amide bonds. The molecule has 0 aromatic heterocycles. The lowest BCUT2D eigenvalue weighted by molar-refractivity contribution is -0.116. The van der Waals surface area contributed by atoms with Crippen LogP contribution in [0.3, 0.4) is 0 Å². The first kappa shape index (κ1) is 13.6. The molecule has 2 aliphatic rings. The molecule has 1 aromatic rings. The first-order valence-electron chi connectivity index (χ1n) is 6.40. The lowest BCUT2D eigenvalue weighted by Crippen LogP contribution is -2.31. The number of carbonyl (C=O) groups is 1. The summed E-state index contributed by atoms with van der Waals surface area (Å²) in [5, 5.41) is 0.577. The number of hydrogen-bond acceptors (Lipinski definition) is 4. The number of hydrogen-bond donors (Lipinski definition) is 0. The summed E-state index contributed by atoms with van der Waals surface area (Å²) in [5.41, 5.74) is 1.30. The van der Waals surface area contributed by atoms with Gasteiger partial charge >= 0.3 is 10.1 Å². The average molecular weight is 313 g/mol. The van der Waals surface area contributed by atoms with Crippen molar-refractivity contribution in [1.29, 1.82) is 0 Å². The summed E-state index contributed by atoms with van der Waals surface area (Å²) in [6.07, 6.45) is 1.59. The van der Waals surface area contributed by atoms with E-state index in [2.05, 4.69) is 0 Å². The highest BCUT2D eigenvalue weighted by molar-refractivity contribution is 7.86. The Morgan fingerprint density at radius 2 is 1.85 bits per heavy atom. The van der Waals surface area contributed by atoms with Crippen molar-refractivity contribution < 1.29 is 17.4 Å². The van der Waals surface area contributed by atoms with Gasteiger partial charge in [-0.05, 0) is 24.1 Å². The molecule has 1 aromatic carbocycles. The van der Waals surface area contributed by atoms with Crippen LogP contribution in [-0.4, -0.2) is 20.0 Å². The highest BCUT2D eigenvalue weighted by Crippen LogP contribution is 2.40. The molecule has 0 N–H and O–H groups in total. The van der Waals surface area contributed by atoms with Crippen LogP contribution >= 0.6 is 11.6 Å². The number of rotatable bonds is 1. The third-order valence-electron chi connectivity index (χ3n) is 3.63. The second-order valence-corrected chi connectivity index (χ2v) is 7.08. The third kappa shape index (κ3) is 2.47. The molecule has 1 heterocycles. The van der Waals surface area contributed by atoms with Crippen molar-refractivity contribution in [1.82, 2.24) is 0 Å². The maximum atomic E-state index is 12.1. The van der Waals surface area contributed by atoms with Crippen molar-refractivity contribution in [2.75, 3.05) is 5.75 Å². The van der Waals surface area contributed by atoms with Crippen molar-refractivity contribution >= 4 is 27.5 Å². The van der Waals surface area contributed by atoms with E-state index in [-0.39, 0.29) is 11.5 Å². The van der Waals surface area contributed by atoms with E-state index in [4.69, 9.17) is 15.8 Å². The zero-order valence-corrected chi connectivity index (χ0v) is 12.2. The Labute approximate surface area is 122 Å².